The summed E-state index contributed by atoms with van der Waals surface area (Å²) >= 11 is 2.21. The molecule has 5 nitrogen and oxygen atoms in total. The Labute approximate surface area is 123 Å². The fourth-order valence-electron chi connectivity index (χ4n) is 2.50. The second-order valence-corrected chi connectivity index (χ2v) is 5.88. The van der Waals surface area contributed by atoms with E-state index in [0.29, 0.717) is 6.04 Å². The molecule has 0 bridgehead atoms. The predicted octanol–water partition coefficient (Wildman–Crippen LogP) is 1.62. The zero-order valence-corrected chi connectivity index (χ0v) is 13.1. The molecular formula is C12H22IN3O2. The third-order valence-corrected chi connectivity index (χ3v) is 4.74. The molecule has 104 valence electrons. The minimum atomic E-state index is -0.117. The lowest BCUT2D eigenvalue weighted by atomic mass is 9.94. The number of piperazine rings is 1. The van der Waals surface area contributed by atoms with Crippen LogP contribution in [0.2, 0.25) is 0 Å². The Kier molecular flexibility index (Phi) is 5.50. The number of rotatable bonds is 2. The molecular weight excluding hydrogens is 345 g/mol. The highest BCUT2D eigenvalue weighted by molar-refractivity contribution is 14.1. The Morgan fingerprint density at radius 2 is 1.78 bits per heavy atom. The number of carbonyl (C=O) groups is 1. The SMILES string of the molecule is CN1CCN(C(=O)OC2CCC(NI)CC2)CC1. The van der Waals surface area contributed by atoms with Crippen LogP contribution in [0.4, 0.5) is 4.79 Å². The highest BCUT2D eigenvalue weighted by Gasteiger charge is 2.26. The molecule has 1 saturated heterocycles. The Balaban J connectivity index is 1.71. The molecule has 1 heterocycles. The van der Waals surface area contributed by atoms with Crippen molar-refractivity contribution < 1.29 is 9.53 Å². The molecule has 0 aromatic rings. The van der Waals surface area contributed by atoms with E-state index in [1.165, 1.54) is 0 Å². The van der Waals surface area contributed by atoms with Gasteiger partial charge in [0, 0.05) is 55.1 Å². The number of halogens is 1. The number of nitrogens with one attached hydrogen (secondary N) is 1. The minimum Gasteiger partial charge on any atom is -0.446 e. The topological polar surface area (TPSA) is 44.8 Å². The number of nitrogens with zero attached hydrogens (tertiary/aromatic N) is 2. The van der Waals surface area contributed by atoms with Crippen LogP contribution in [-0.2, 0) is 4.74 Å². The van der Waals surface area contributed by atoms with E-state index >= 15 is 0 Å². The van der Waals surface area contributed by atoms with Crippen LogP contribution in [0.3, 0.4) is 0 Å². The average Bonchev–Trinajstić information content (AvgIpc) is 2.40. The number of ether oxygens (including phenoxy) is 1. The molecule has 0 unspecified atom stereocenters. The van der Waals surface area contributed by atoms with Crippen LogP contribution in [0.1, 0.15) is 25.7 Å². The summed E-state index contributed by atoms with van der Waals surface area (Å²) in [5.74, 6) is 0. The van der Waals surface area contributed by atoms with E-state index in [4.69, 9.17) is 4.74 Å². The number of carbonyl (C=O) groups excluding carboxylic acids is 1. The van der Waals surface area contributed by atoms with Gasteiger partial charge in [0.15, 0.2) is 0 Å². The largest absolute Gasteiger partial charge is 0.446 e. The summed E-state index contributed by atoms with van der Waals surface area (Å²) in [5, 5.41) is 0. The second-order valence-electron chi connectivity index (χ2n) is 5.26. The van der Waals surface area contributed by atoms with Gasteiger partial charge in [-0.25, -0.2) is 4.79 Å². The number of likely N-dealkylation sites (N-methyl/N-ethyl adjacent to an activating group) is 1. The first kappa shape index (κ1) is 14.3. The van der Waals surface area contributed by atoms with Crippen LogP contribution in [0.15, 0.2) is 0 Å². The number of hydrogen-bond acceptors (Lipinski definition) is 4. The normalized spacial score (nSPS) is 30.2. The van der Waals surface area contributed by atoms with Crippen molar-refractivity contribution in [3.8, 4) is 0 Å². The minimum absolute atomic E-state index is 0.117. The summed E-state index contributed by atoms with van der Waals surface area (Å²) in [6.07, 6.45) is 4.18. The van der Waals surface area contributed by atoms with Gasteiger partial charge in [-0.15, -0.1) is 0 Å². The van der Waals surface area contributed by atoms with Gasteiger partial charge in [0.1, 0.15) is 6.10 Å². The summed E-state index contributed by atoms with van der Waals surface area (Å²) in [6, 6.07) is 0.587. The summed E-state index contributed by atoms with van der Waals surface area (Å²) < 4.78 is 8.86. The number of hydrogen-bond donors (Lipinski definition) is 1. The van der Waals surface area contributed by atoms with Crippen LogP contribution in [0.5, 0.6) is 0 Å². The van der Waals surface area contributed by atoms with Crippen molar-refractivity contribution in [3.05, 3.63) is 0 Å². The van der Waals surface area contributed by atoms with Gasteiger partial charge in [0.05, 0.1) is 0 Å². The average molecular weight is 367 g/mol. The molecule has 0 spiro atoms. The van der Waals surface area contributed by atoms with E-state index in [2.05, 4.69) is 38.3 Å². The third-order valence-electron chi connectivity index (χ3n) is 3.86. The highest BCUT2D eigenvalue weighted by Crippen LogP contribution is 2.22. The Hall–Kier alpha value is -0.0800. The summed E-state index contributed by atoms with van der Waals surface area (Å²) in [4.78, 5) is 16.1. The first-order valence-corrected chi connectivity index (χ1v) is 7.77. The molecule has 6 heteroatoms. The fourth-order valence-corrected chi connectivity index (χ4v) is 3.12. The van der Waals surface area contributed by atoms with Crippen molar-refractivity contribution >= 4 is 29.0 Å². The molecule has 2 fully saturated rings. The van der Waals surface area contributed by atoms with Crippen LogP contribution in [0, 0.1) is 0 Å². The van der Waals surface area contributed by atoms with Crippen molar-refractivity contribution in [3.63, 3.8) is 0 Å². The molecule has 0 aromatic heterocycles. The van der Waals surface area contributed by atoms with E-state index in [9.17, 15) is 4.79 Å². The summed E-state index contributed by atoms with van der Waals surface area (Å²) in [6.45, 7) is 3.47. The third kappa shape index (κ3) is 3.96. The molecule has 0 atom stereocenters. The molecule has 1 amide bonds. The van der Waals surface area contributed by atoms with Gasteiger partial charge in [0.2, 0.25) is 0 Å². The molecule has 1 N–H and O–H groups in total. The van der Waals surface area contributed by atoms with Crippen LogP contribution < -0.4 is 3.53 Å². The molecule has 0 radical (unpaired) electrons. The molecule has 2 aliphatic rings. The van der Waals surface area contributed by atoms with Gasteiger partial charge < -0.3 is 14.5 Å². The molecule has 1 aliphatic heterocycles. The van der Waals surface area contributed by atoms with Gasteiger partial charge in [-0.05, 0) is 32.7 Å². The van der Waals surface area contributed by atoms with Crippen LogP contribution >= 0.6 is 22.9 Å². The summed E-state index contributed by atoms with van der Waals surface area (Å²) in [7, 11) is 2.08. The lowest BCUT2D eigenvalue weighted by Gasteiger charge is -2.34. The van der Waals surface area contributed by atoms with Crippen molar-refractivity contribution in [2.24, 2.45) is 0 Å². The van der Waals surface area contributed by atoms with Gasteiger partial charge in [-0.2, -0.15) is 0 Å². The monoisotopic (exact) mass is 367 g/mol. The van der Waals surface area contributed by atoms with E-state index in [1.54, 1.807) is 0 Å². The van der Waals surface area contributed by atoms with E-state index in [-0.39, 0.29) is 12.2 Å². The lowest BCUT2D eigenvalue weighted by Crippen LogP contribution is -2.48. The lowest BCUT2D eigenvalue weighted by molar-refractivity contribution is 0.0329. The van der Waals surface area contributed by atoms with Gasteiger partial charge in [-0.3, -0.25) is 3.53 Å². The summed E-state index contributed by atoms with van der Waals surface area (Å²) in [5.41, 5.74) is 0. The Bertz CT molecular complexity index is 274. The molecule has 1 aliphatic carbocycles. The first-order valence-electron chi connectivity index (χ1n) is 6.69. The Morgan fingerprint density at radius 3 is 2.33 bits per heavy atom. The molecule has 2 rings (SSSR count). The van der Waals surface area contributed by atoms with Crippen molar-refractivity contribution in [2.75, 3.05) is 33.2 Å². The van der Waals surface area contributed by atoms with Gasteiger partial charge >= 0.3 is 6.09 Å². The van der Waals surface area contributed by atoms with Crippen molar-refractivity contribution in [1.82, 2.24) is 13.3 Å². The van der Waals surface area contributed by atoms with Crippen LogP contribution in [-0.4, -0.2) is 61.3 Å². The molecule has 0 aromatic carbocycles. The number of amides is 1. The van der Waals surface area contributed by atoms with Gasteiger partial charge in [-0.1, -0.05) is 0 Å². The van der Waals surface area contributed by atoms with Crippen molar-refractivity contribution in [1.29, 1.82) is 0 Å². The molecule has 18 heavy (non-hydrogen) atoms. The Morgan fingerprint density at radius 1 is 1.17 bits per heavy atom. The van der Waals surface area contributed by atoms with E-state index in [1.807, 2.05) is 4.90 Å². The van der Waals surface area contributed by atoms with Crippen LogP contribution in [0.25, 0.3) is 0 Å². The molecule has 1 saturated carbocycles. The standard InChI is InChI=1S/C12H22IN3O2/c1-15-6-8-16(9-7-15)12(17)18-11-4-2-10(14-13)3-5-11/h10-11,14H,2-9H2,1H3. The van der Waals surface area contributed by atoms with Gasteiger partial charge in [0.25, 0.3) is 0 Å². The zero-order valence-electron chi connectivity index (χ0n) is 10.9. The maximum Gasteiger partial charge on any atom is 0.410 e. The van der Waals surface area contributed by atoms with E-state index in [0.717, 1.165) is 51.9 Å². The maximum atomic E-state index is 12.0. The zero-order chi connectivity index (χ0) is 13.0. The van der Waals surface area contributed by atoms with Crippen molar-refractivity contribution in [2.45, 2.75) is 37.8 Å². The second kappa shape index (κ2) is 6.91. The first-order chi connectivity index (χ1) is 8.69. The highest BCUT2D eigenvalue weighted by atomic mass is 127. The predicted molar refractivity (Wildman–Crippen MR) is 78.8 cm³/mol. The fraction of sp³-hybridized carbons (Fsp3) is 0.917. The van der Waals surface area contributed by atoms with E-state index < -0.39 is 0 Å². The smallest absolute Gasteiger partial charge is 0.410 e. The maximum absolute atomic E-state index is 12.0. The quantitative estimate of drug-likeness (QED) is 0.595.